The van der Waals surface area contributed by atoms with Crippen molar-refractivity contribution in [2.45, 2.75) is 6.92 Å². The summed E-state index contributed by atoms with van der Waals surface area (Å²) in [6.45, 7) is 4.98. The molecule has 35 heavy (non-hydrogen) atoms. The Morgan fingerprint density at radius 2 is 1.11 bits per heavy atom. The third kappa shape index (κ3) is 3.64. The Kier molecular flexibility index (Phi) is 5.57. The van der Waals surface area contributed by atoms with E-state index in [1.165, 1.54) is 7.11 Å². The molecule has 6 heteroatoms. The zero-order chi connectivity index (χ0) is 24.7. The molecular weight excluding hydrogens is 444 g/mol. The highest BCUT2D eigenvalue weighted by Gasteiger charge is 2.20. The van der Waals surface area contributed by atoms with Crippen LogP contribution in [0.2, 0.25) is 0 Å². The number of carbonyl (C=O) groups is 3. The topological polar surface area (TPSA) is 78.9 Å². The van der Waals surface area contributed by atoms with Crippen LogP contribution in [-0.4, -0.2) is 38.2 Å². The molecule has 0 aliphatic heterocycles. The second-order valence-corrected chi connectivity index (χ2v) is 8.32. The minimum Gasteiger partial charge on any atom is -0.465 e. The van der Waals surface area contributed by atoms with Crippen LogP contribution in [0.5, 0.6) is 0 Å². The number of fused-ring (bicyclic) bond motifs is 2. The van der Waals surface area contributed by atoms with Gasteiger partial charge in [-0.25, -0.2) is 14.4 Å². The largest absolute Gasteiger partial charge is 0.465 e. The molecule has 0 aliphatic rings. The van der Waals surface area contributed by atoms with Crippen LogP contribution < -0.4 is 0 Å². The summed E-state index contributed by atoms with van der Waals surface area (Å²) in [7, 11) is 1.37. The molecule has 0 aromatic heterocycles. The molecule has 5 rings (SSSR count). The van der Waals surface area contributed by atoms with Crippen molar-refractivity contribution >= 4 is 61.0 Å². The molecule has 0 bridgehead atoms. The maximum Gasteiger partial charge on any atom is 0.338 e. The van der Waals surface area contributed by atoms with E-state index < -0.39 is 11.9 Å². The quantitative estimate of drug-likeness (QED) is 0.0786. The van der Waals surface area contributed by atoms with Gasteiger partial charge in [0.15, 0.2) is 0 Å². The average Bonchev–Trinajstić information content (AvgIpc) is 2.88. The standard InChI is InChI=1S/C29H22O6/c1-16(2)27(30)34-14-15-35-29(32)24-13-11-22-17-6-4-8-19-23(28(31)33-3)12-10-21(25(17)19)18-7-5-9-20(24)26(18)22/h4-13H,1,14-15H2,2-3H3. The maximum absolute atomic E-state index is 12.9. The zero-order valence-electron chi connectivity index (χ0n) is 19.3. The summed E-state index contributed by atoms with van der Waals surface area (Å²) in [5, 5.41) is 7.43. The van der Waals surface area contributed by atoms with E-state index in [-0.39, 0.29) is 24.8 Å². The predicted molar refractivity (Wildman–Crippen MR) is 135 cm³/mol. The van der Waals surface area contributed by atoms with Gasteiger partial charge in [-0.2, -0.15) is 0 Å². The Balaban J connectivity index is 1.63. The zero-order valence-corrected chi connectivity index (χ0v) is 19.3. The van der Waals surface area contributed by atoms with Crippen molar-refractivity contribution in [3.8, 4) is 0 Å². The first kappa shape index (κ1) is 22.3. The Morgan fingerprint density at radius 1 is 0.657 bits per heavy atom. The minimum atomic E-state index is -0.522. The van der Waals surface area contributed by atoms with Gasteiger partial charge in [-0.3, -0.25) is 0 Å². The van der Waals surface area contributed by atoms with Crippen molar-refractivity contribution in [3.63, 3.8) is 0 Å². The summed E-state index contributed by atoms with van der Waals surface area (Å²) in [5.74, 6) is -1.40. The number of methoxy groups -OCH3 is 1. The van der Waals surface area contributed by atoms with Crippen LogP contribution in [0, 0.1) is 0 Å². The summed E-state index contributed by atoms with van der Waals surface area (Å²) in [4.78, 5) is 36.8. The van der Waals surface area contributed by atoms with Crippen LogP contribution in [0.4, 0.5) is 0 Å². The molecular formula is C29H22O6. The maximum atomic E-state index is 12.9. The van der Waals surface area contributed by atoms with Crippen LogP contribution in [0.3, 0.4) is 0 Å². The van der Waals surface area contributed by atoms with Gasteiger partial charge in [0.1, 0.15) is 13.2 Å². The number of hydrogen-bond acceptors (Lipinski definition) is 6. The fraction of sp³-hybridized carbons (Fsp3) is 0.138. The summed E-state index contributed by atoms with van der Waals surface area (Å²) in [5.41, 5.74) is 1.23. The van der Waals surface area contributed by atoms with E-state index in [0.29, 0.717) is 11.1 Å². The number of hydrogen-bond donors (Lipinski definition) is 0. The summed E-state index contributed by atoms with van der Waals surface area (Å²) in [6.07, 6.45) is 0. The molecule has 0 radical (unpaired) electrons. The van der Waals surface area contributed by atoms with Gasteiger partial charge in [-0.1, -0.05) is 55.1 Å². The summed E-state index contributed by atoms with van der Waals surface area (Å²) in [6, 6.07) is 19.0. The fourth-order valence-electron chi connectivity index (χ4n) is 4.65. The first-order valence-electron chi connectivity index (χ1n) is 11.1. The number of rotatable bonds is 6. The highest BCUT2D eigenvalue weighted by molar-refractivity contribution is 6.35. The lowest BCUT2D eigenvalue weighted by Gasteiger charge is -2.17. The van der Waals surface area contributed by atoms with Crippen molar-refractivity contribution in [3.05, 3.63) is 83.9 Å². The molecule has 0 aliphatic carbocycles. The van der Waals surface area contributed by atoms with Crippen LogP contribution in [0.1, 0.15) is 27.6 Å². The minimum absolute atomic E-state index is 0.0450. The third-order valence-electron chi connectivity index (χ3n) is 6.18. The Labute approximate surface area is 201 Å². The van der Waals surface area contributed by atoms with Crippen molar-refractivity contribution in [2.75, 3.05) is 20.3 Å². The molecule has 5 aromatic rings. The second-order valence-electron chi connectivity index (χ2n) is 8.32. The molecule has 0 saturated carbocycles. The number of ether oxygens (including phenoxy) is 3. The number of carbonyl (C=O) groups excluding carboxylic acids is 3. The Hall–Kier alpha value is -4.45. The molecule has 0 N–H and O–H groups in total. The molecule has 174 valence electrons. The van der Waals surface area contributed by atoms with E-state index in [2.05, 4.69) is 6.58 Å². The highest BCUT2D eigenvalue weighted by Crippen LogP contribution is 2.42. The summed E-state index contributed by atoms with van der Waals surface area (Å²) < 4.78 is 15.4. The normalized spacial score (nSPS) is 11.3. The average molecular weight is 466 g/mol. The van der Waals surface area contributed by atoms with Gasteiger partial charge in [-0.05, 0) is 62.1 Å². The van der Waals surface area contributed by atoms with E-state index >= 15 is 0 Å². The molecule has 0 heterocycles. The first-order valence-corrected chi connectivity index (χ1v) is 11.1. The van der Waals surface area contributed by atoms with E-state index in [1.54, 1.807) is 19.1 Å². The van der Waals surface area contributed by atoms with Gasteiger partial charge in [0.2, 0.25) is 0 Å². The smallest absolute Gasteiger partial charge is 0.338 e. The lowest BCUT2D eigenvalue weighted by atomic mass is 9.87. The second kappa shape index (κ2) is 8.72. The van der Waals surface area contributed by atoms with Crippen LogP contribution in [-0.2, 0) is 19.0 Å². The van der Waals surface area contributed by atoms with Gasteiger partial charge >= 0.3 is 17.9 Å². The van der Waals surface area contributed by atoms with Crippen LogP contribution in [0.15, 0.2) is 72.8 Å². The van der Waals surface area contributed by atoms with Gasteiger partial charge in [0, 0.05) is 5.57 Å². The third-order valence-corrected chi connectivity index (χ3v) is 6.18. The van der Waals surface area contributed by atoms with E-state index in [9.17, 15) is 14.4 Å². The lowest BCUT2D eigenvalue weighted by molar-refractivity contribution is -0.140. The highest BCUT2D eigenvalue weighted by atomic mass is 16.6. The fourth-order valence-corrected chi connectivity index (χ4v) is 4.65. The molecule has 0 amide bonds. The van der Waals surface area contributed by atoms with Gasteiger partial charge in [-0.15, -0.1) is 0 Å². The van der Waals surface area contributed by atoms with Gasteiger partial charge < -0.3 is 14.2 Å². The number of esters is 3. The monoisotopic (exact) mass is 466 g/mol. The van der Waals surface area contributed by atoms with E-state index in [1.807, 2.05) is 48.5 Å². The molecule has 0 unspecified atom stereocenters. The molecule has 0 saturated heterocycles. The van der Waals surface area contributed by atoms with Gasteiger partial charge in [0.25, 0.3) is 0 Å². The SMILES string of the molecule is C=C(C)C(=O)OCCOC(=O)c1ccc2c3cccc4c(C(=O)OC)ccc(c5cccc1c52)c43. The molecule has 0 spiro atoms. The van der Waals surface area contributed by atoms with Crippen molar-refractivity contribution < 1.29 is 28.6 Å². The summed E-state index contributed by atoms with van der Waals surface area (Å²) >= 11 is 0. The lowest BCUT2D eigenvalue weighted by Crippen LogP contribution is -2.14. The van der Waals surface area contributed by atoms with Gasteiger partial charge in [0.05, 0.1) is 18.2 Å². The van der Waals surface area contributed by atoms with E-state index in [0.717, 1.165) is 43.1 Å². The Bertz CT molecular complexity index is 1640. The molecule has 6 nitrogen and oxygen atoms in total. The molecule has 0 fully saturated rings. The van der Waals surface area contributed by atoms with Crippen molar-refractivity contribution in [2.24, 2.45) is 0 Å². The van der Waals surface area contributed by atoms with Crippen LogP contribution in [0.25, 0.3) is 43.1 Å². The van der Waals surface area contributed by atoms with Crippen molar-refractivity contribution in [1.29, 1.82) is 0 Å². The van der Waals surface area contributed by atoms with E-state index in [4.69, 9.17) is 14.2 Å². The van der Waals surface area contributed by atoms with Crippen molar-refractivity contribution in [1.82, 2.24) is 0 Å². The number of benzene rings is 5. The predicted octanol–water partition coefficient (Wildman–Crippen LogP) is 5.80. The molecule has 5 aromatic carbocycles. The molecule has 0 atom stereocenters. The Morgan fingerprint density at radius 3 is 1.63 bits per heavy atom. The van der Waals surface area contributed by atoms with Crippen LogP contribution >= 0.6 is 0 Å². The first-order chi connectivity index (χ1) is 16.9.